The molecule has 2 heterocycles. The highest BCUT2D eigenvalue weighted by Gasteiger charge is 2.18. The highest BCUT2D eigenvalue weighted by atomic mass is 35.5. The van der Waals surface area contributed by atoms with Gasteiger partial charge in [0.2, 0.25) is 0 Å². The van der Waals surface area contributed by atoms with E-state index in [0.717, 1.165) is 24.1 Å². The Hall–Kier alpha value is -1.32. The van der Waals surface area contributed by atoms with Gasteiger partial charge < -0.3 is 9.73 Å². The van der Waals surface area contributed by atoms with Crippen LogP contribution in [0.3, 0.4) is 0 Å². The molecule has 1 aliphatic rings. The molecule has 94 valence electrons. The van der Waals surface area contributed by atoms with E-state index in [2.05, 4.69) is 18.3 Å². The second-order valence-corrected chi connectivity index (χ2v) is 4.95. The highest BCUT2D eigenvalue weighted by molar-refractivity contribution is 6.35. The average Bonchev–Trinajstić information content (AvgIpc) is 2.83. The zero-order valence-electron chi connectivity index (χ0n) is 9.97. The number of hydrogen-bond donors (Lipinski definition) is 1. The Kier molecular flexibility index (Phi) is 2.88. The number of hydrogen-bond acceptors (Lipinski definition) is 2. The summed E-state index contributed by atoms with van der Waals surface area (Å²) in [6.45, 7) is 2.96. The van der Waals surface area contributed by atoms with Crippen LogP contribution >= 0.6 is 11.6 Å². The quantitative estimate of drug-likeness (QED) is 0.843. The van der Waals surface area contributed by atoms with Crippen molar-refractivity contribution in [1.29, 1.82) is 0 Å². The molecule has 1 N–H and O–H groups in total. The average molecular weight is 266 g/mol. The Morgan fingerprint density at radius 3 is 3.11 bits per heavy atom. The normalized spacial score (nSPS) is 20.2. The van der Waals surface area contributed by atoms with Crippen LogP contribution in [-0.2, 0) is 0 Å². The van der Waals surface area contributed by atoms with Gasteiger partial charge >= 0.3 is 0 Å². The van der Waals surface area contributed by atoms with E-state index in [1.54, 1.807) is 12.3 Å². The van der Waals surface area contributed by atoms with Gasteiger partial charge in [-0.2, -0.15) is 0 Å². The summed E-state index contributed by atoms with van der Waals surface area (Å²) in [5.41, 5.74) is 2.59. The summed E-state index contributed by atoms with van der Waals surface area (Å²) in [5.74, 6) is -0.396. The van der Waals surface area contributed by atoms with E-state index in [-0.39, 0.29) is 11.1 Å². The standard InChI is InChI=1S/C14H13ClFNO/c1-8-6-9(2-4-17-8)11-7-12(16)13(15)10-3-5-18-14(10)11/h3,5-8,17H,2,4H2,1H3. The minimum Gasteiger partial charge on any atom is -0.464 e. The van der Waals surface area contributed by atoms with E-state index in [9.17, 15) is 4.39 Å². The molecule has 1 aromatic heterocycles. The van der Waals surface area contributed by atoms with Gasteiger partial charge in [-0.15, -0.1) is 0 Å². The lowest BCUT2D eigenvalue weighted by atomic mass is 9.96. The third kappa shape index (κ3) is 1.84. The fourth-order valence-electron chi connectivity index (χ4n) is 2.42. The molecular formula is C14H13ClFNO. The molecule has 0 saturated carbocycles. The van der Waals surface area contributed by atoms with E-state index >= 15 is 0 Å². The van der Waals surface area contributed by atoms with Crippen molar-refractivity contribution in [3.63, 3.8) is 0 Å². The van der Waals surface area contributed by atoms with Crippen LogP contribution in [0.4, 0.5) is 4.39 Å². The van der Waals surface area contributed by atoms with Gasteiger partial charge in [-0.25, -0.2) is 4.39 Å². The van der Waals surface area contributed by atoms with E-state index in [1.807, 2.05) is 0 Å². The zero-order chi connectivity index (χ0) is 12.7. The van der Waals surface area contributed by atoms with E-state index in [1.165, 1.54) is 6.07 Å². The summed E-state index contributed by atoms with van der Waals surface area (Å²) in [4.78, 5) is 0. The maximum atomic E-state index is 13.8. The molecule has 2 aromatic rings. The number of nitrogens with one attached hydrogen (secondary N) is 1. The summed E-state index contributed by atoms with van der Waals surface area (Å²) in [7, 11) is 0. The van der Waals surface area contributed by atoms with Crippen molar-refractivity contribution >= 4 is 28.1 Å². The van der Waals surface area contributed by atoms with Crippen LogP contribution in [-0.4, -0.2) is 12.6 Å². The monoisotopic (exact) mass is 265 g/mol. The third-order valence-corrected chi connectivity index (χ3v) is 3.67. The van der Waals surface area contributed by atoms with E-state index < -0.39 is 5.82 Å². The van der Waals surface area contributed by atoms with Crippen LogP contribution in [0.5, 0.6) is 0 Å². The summed E-state index contributed by atoms with van der Waals surface area (Å²) in [5, 5.41) is 4.09. The van der Waals surface area contributed by atoms with E-state index in [0.29, 0.717) is 11.0 Å². The first-order valence-electron chi connectivity index (χ1n) is 5.96. The topological polar surface area (TPSA) is 25.2 Å². The van der Waals surface area contributed by atoms with Crippen molar-refractivity contribution in [3.05, 3.63) is 40.9 Å². The van der Waals surface area contributed by atoms with Crippen molar-refractivity contribution in [3.8, 4) is 0 Å². The fraction of sp³-hybridized carbons (Fsp3) is 0.286. The molecule has 0 amide bonds. The van der Waals surface area contributed by atoms with Crippen molar-refractivity contribution in [2.24, 2.45) is 0 Å². The zero-order valence-corrected chi connectivity index (χ0v) is 10.7. The Balaban J connectivity index is 2.23. The van der Waals surface area contributed by atoms with Gasteiger partial charge in [0.05, 0.1) is 11.3 Å². The largest absolute Gasteiger partial charge is 0.464 e. The first kappa shape index (κ1) is 11.8. The molecular weight excluding hydrogens is 253 g/mol. The molecule has 0 spiro atoms. The molecule has 1 unspecified atom stereocenters. The fourth-order valence-corrected chi connectivity index (χ4v) is 2.62. The van der Waals surface area contributed by atoms with Crippen LogP contribution in [0, 0.1) is 5.82 Å². The predicted octanol–water partition coefficient (Wildman–Crippen LogP) is 3.99. The van der Waals surface area contributed by atoms with Crippen molar-refractivity contribution in [2.75, 3.05) is 6.54 Å². The lowest BCUT2D eigenvalue weighted by Crippen LogP contribution is -2.29. The molecule has 0 fully saturated rings. The van der Waals surface area contributed by atoms with Gasteiger partial charge in [0, 0.05) is 17.0 Å². The number of fused-ring (bicyclic) bond motifs is 1. The minimum absolute atomic E-state index is 0.130. The van der Waals surface area contributed by atoms with Crippen molar-refractivity contribution < 1.29 is 8.81 Å². The molecule has 4 heteroatoms. The number of furan rings is 1. The van der Waals surface area contributed by atoms with Crippen molar-refractivity contribution in [1.82, 2.24) is 5.32 Å². The third-order valence-electron chi connectivity index (χ3n) is 3.28. The Labute approximate surface area is 109 Å². The second kappa shape index (κ2) is 4.41. The maximum Gasteiger partial charge on any atom is 0.143 e. The van der Waals surface area contributed by atoms with Gasteiger partial charge in [-0.1, -0.05) is 17.7 Å². The SMILES string of the molecule is CC1C=C(c2cc(F)c(Cl)c3ccoc23)CCN1. The number of rotatable bonds is 1. The molecule has 1 aromatic carbocycles. The molecule has 3 rings (SSSR count). The van der Waals surface area contributed by atoms with Gasteiger partial charge in [0.25, 0.3) is 0 Å². The number of benzene rings is 1. The Bertz CT molecular complexity index is 632. The summed E-state index contributed by atoms with van der Waals surface area (Å²) < 4.78 is 19.3. The van der Waals surface area contributed by atoms with Crippen LogP contribution in [0.2, 0.25) is 5.02 Å². The van der Waals surface area contributed by atoms with Gasteiger partial charge in [0.15, 0.2) is 0 Å². The molecule has 2 nitrogen and oxygen atoms in total. The lowest BCUT2D eigenvalue weighted by Gasteiger charge is -2.20. The van der Waals surface area contributed by atoms with Crippen LogP contribution in [0.15, 0.2) is 28.9 Å². The Morgan fingerprint density at radius 2 is 2.33 bits per heavy atom. The molecule has 1 aliphatic heterocycles. The minimum atomic E-state index is -0.396. The molecule has 1 atom stereocenters. The highest BCUT2D eigenvalue weighted by Crippen LogP contribution is 2.35. The maximum absolute atomic E-state index is 13.8. The van der Waals surface area contributed by atoms with Gasteiger partial charge in [-0.05, 0) is 37.6 Å². The van der Waals surface area contributed by atoms with E-state index in [4.69, 9.17) is 16.0 Å². The summed E-state index contributed by atoms with van der Waals surface area (Å²) in [6.07, 6.45) is 4.51. The smallest absolute Gasteiger partial charge is 0.143 e. The molecule has 0 bridgehead atoms. The summed E-state index contributed by atoms with van der Waals surface area (Å²) >= 11 is 5.94. The van der Waals surface area contributed by atoms with Gasteiger partial charge in [0.1, 0.15) is 11.4 Å². The van der Waals surface area contributed by atoms with Crippen LogP contribution < -0.4 is 5.32 Å². The second-order valence-electron chi connectivity index (χ2n) is 4.57. The first-order chi connectivity index (χ1) is 8.66. The molecule has 0 aliphatic carbocycles. The first-order valence-corrected chi connectivity index (χ1v) is 6.34. The number of halogens is 2. The van der Waals surface area contributed by atoms with Crippen LogP contribution in [0.25, 0.3) is 16.5 Å². The van der Waals surface area contributed by atoms with Gasteiger partial charge in [-0.3, -0.25) is 0 Å². The Morgan fingerprint density at radius 1 is 1.50 bits per heavy atom. The van der Waals surface area contributed by atoms with Crippen molar-refractivity contribution in [2.45, 2.75) is 19.4 Å². The molecule has 18 heavy (non-hydrogen) atoms. The molecule has 0 radical (unpaired) electrons. The summed E-state index contributed by atoms with van der Waals surface area (Å²) in [6, 6.07) is 3.46. The lowest BCUT2D eigenvalue weighted by molar-refractivity contribution is 0.602. The predicted molar refractivity (Wildman–Crippen MR) is 71.2 cm³/mol. The van der Waals surface area contributed by atoms with Crippen LogP contribution in [0.1, 0.15) is 18.9 Å². The molecule has 0 saturated heterocycles.